The van der Waals surface area contributed by atoms with E-state index in [1.807, 2.05) is 0 Å². The van der Waals surface area contributed by atoms with E-state index in [4.69, 9.17) is 5.73 Å². The average molecular weight is 218 g/mol. The first-order valence-corrected chi connectivity index (χ1v) is 6.23. The summed E-state index contributed by atoms with van der Waals surface area (Å²) >= 11 is 0. The Bertz CT molecular complexity index is 321. The zero-order chi connectivity index (χ0) is 11.5. The van der Waals surface area contributed by atoms with Gasteiger partial charge >= 0.3 is 0 Å². The fraction of sp³-hybridized carbons (Fsp3) is 0.571. The highest BCUT2D eigenvalue weighted by Gasteiger charge is 2.29. The van der Waals surface area contributed by atoms with E-state index < -0.39 is 0 Å². The lowest BCUT2D eigenvalue weighted by molar-refractivity contribution is 0.213. The van der Waals surface area contributed by atoms with Crippen LogP contribution in [-0.4, -0.2) is 24.0 Å². The summed E-state index contributed by atoms with van der Waals surface area (Å²) in [4.78, 5) is 2.53. The standard InChI is InChI=1S/C14H22N2/c1-11-8-9-16(10-11)14(12(2)15)13-6-4-3-5-7-13/h3-7,11-12,14H,8-10,15H2,1-2H3. The number of hydrogen-bond donors (Lipinski definition) is 1. The lowest BCUT2D eigenvalue weighted by Gasteiger charge is -2.31. The Labute approximate surface area is 98.4 Å². The van der Waals surface area contributed by atoms with Crippen LogP contribution in [0.4, 0.5) is 0 Å². The molecule has 1 aromatic rings. The largest absolute Gasteiger partial charge is 0.326 e. The second-order valence-electron chi connectivity index (χ2n) is 5.10. The predicted octanol–water partition coefficient (Wildman–Crippen LogP) is 2.42. The molecule has 0 amide bonds. The summed E-state index contributed by atoms with van der Waals surface area (Å²) in [6.45, 7) is 6.80. The maximum Gasteiger partial charge on any atom is 0.0496 e. The molecule has 2 nitrogen and oxygen atoms in total. The normalized spacial score (nSPS) is 25.6. The van der Waals surface area contributed by atoms with Crippen molar-refractivity contribution >= 4 is 0 Å². The van der Waals surface area contributed by atoms with E-state index in [0.717, 1.165) is 5.92 Å². The van der Waals surface area contributed by atoms with Gasteiger partial charge in [0.2, 0.25) is 0 Å². The highest BCUT2D eigenvalue weighted by Crippen LogP contribution is 2.29. The number of nitrogens with two attached hydrogens (primary N) is 1. The maximum atomic E-state index is 6.15. The first-order chi connectivity index (χ1) is 7.68. The Morgan fingerprint density at radius 1 is 1.31 bits per heavy atom. The quantitative estimate of drug-likeness (QED) is 0.844. The van der Waals surface area contributed by atoms with Gasteiger partial charge in [-0.05, 0) is 31.4 Å². The highest BCUT2D eigenvalue weighted by atomic mass is 15.2. The van der Waals surface area contributed by atoms with Crippen molar-refractivity contribution in [2.24, 2.45) is 11.7 Å². The summed E-state index contributed by atoms with van der Waals surface area (Å²) in [6, 6.07) is 11.2. The van der Waals surface area contributed by atoms with Crippen molar-refractivity contribution in [1.82, 2.24) is 4.90 Å². The minimum atomic E-state index is 0.188. The summed E-state index contributed by atoms with van der Waals surface area (Å²) in [5, 5.41) is 0. The molecule has 88 valence electrons. The Hall–Kier alpha value is -0.860. The molecular weight excluding hydrogens is 196 g/mol. The molecule has 0 aromatic heterocycles. The van der Waals surface area contributed by atoms with Crippen molar-refractivity contribution in [3.05, 3.63) is 35.9 Å². The molecule has 0 bridgehead atoms. The molecule has 16 heavy (non-hydrogen) atoms. The molecule has 2 heteroatoms. The van der Waals surface area contributed by atoms with Gasteiger partial charge in [-0.15, -0.1) is 0 Å². The SMILES string of the molecule is CC1CCN(C(c2ccccc2)C(C)N)C1. The third kappa shape index (κ3) is 2.45. The minimum Gasteiger partial charge on any atom is -0.326 e. The molecule has 1 aliphatic rings. The van der Waals surface area contributed by atoms with Gasteiger partial charge in [0.1, 0.15) is 0 Å². The maximum absolute atomic E-state index is 6.15. The summed E-state index contributed by atoms with van der Waals surface area (Å²) in [6.07, 6.45) is 1.30. The van der Waals surface area contributed by atoms with Crippen molar-refractivity contribution in [2.45, 2.75) is 32.4 Å². The van der Waals surface area contributed by atoms with Gasteiger partial charge in [-0.25, -0.2) is 0 Å². The number of nitrogens with zero attached hydrogens (tertiary/aromatic N) is 1. The minimum absolute atomic E-state index is 0.188. The van der Waals surface area contributed by atoms with Gasteiger partial charge in [0.25, 0.3) is 0 Å². The zero-order valence-corrected chi connectivity index (χ0v) is 10.3. The first-order valence-electron chi connectivity index (χ1n) is 6.23. The van der Waals surface area contributed by atoms with Gasteiger partial charge in [-0.1, -0.05) is 37.3 Å². The molecule has 1 heterocycles. The van der Waals surface area contributed by atoms with E-state index in [0.29, 0.717) is 6.04 Å². The highest BCUT2D eigenvalue weighted by molar-refractivity contribution is 5.20. The monoisotopic (exact) mass is 218 g/mol. The van der Waals surface area contributed by atoms with Crippen LogP contribution in [-0.2, 0) is 0 Å². The van der Waals surface area contributed by atoms with Gasteiger partial charge in [0.15, 0.2) is 0 Å². The van der Waals surface area contributed by atoms with Crippen molar-refractivity contribution in [3.8, 4) is 0 Å². The molecule has 2 rings (SSSR count). The van der Waals surface area contributed by atoms with E-state index in [1.54, 1.807) is 0 Å². The molecule has 3 atom stereocenters. The molecule has 1 saturated heterocycles. The summed E-state index contributed by atoms with van der Waals surface area (Å²) in [5.74, 6) is 0.810. The van der Waals surface area contributed by atoms with Crippen molar-refractivity contribution in [1.29, 1.82) is 0 Å². The van der Waals surface area contributed by atoms with Crippen molar-refractivity contribution in [2.75, 3.05) is 13.1 Å². The van der Waals surface area contributed by atoms with Crippen molar-refractivity contribution in [3.63, 3.8) is 0 Å². The Morgan fingerprint density at radius 3 is 2.50 bits per heavy atom. The average Bonchev–Trinajstić information content (AvgIpc) is 2.66. The van der Waals surface area contributed by atoms with Crippen LogP contribution >= 0.6 is 0 Å². The van der Waals surface area contributed by atoms with Crippen molar-refractivity contribution < 1.29 is 0 Å². The molecule has 1 aromatic carbocycles. The van der Waals surface area contributed by atoms with Gasteiger partial charge < -0.3 is 5.73 Å². The van der Waals surface area contributed by atoms with Crippen LogP contribution in [0.25, 0.3) is 0 Å². The number of benzene rings is 1. The summed E-state index contributed by atoms with van der Waals surface area (Å²) in [5.41, 5.74) is 7.51. The van der Waals surface area contributed by atoms with Gasteiger partial charge in [-0.2, -0.15) is 0 Å². The van der Waals surface area contributed by atoms with E-state index in [9.17, 15) is 0 Å². The third-order valence-corrected chi connectivity index (χ3v) is 3.49. The molecular formula is C14H22N2. The number of hydrogen-bond acceptors (Lipinski definition) is 2. The Morgan fingerprint density at radius 2 is 2.00 bits per heavy atom. The summed E-state index contributed by atoms with van der Waals surface area (Å²) in [7, 11) is 0. The van der Waals surface area contributed by atoms with Gasteiger partial charge in [0.05, 0.1) is 0 Å². The Balaban J connectivity index is 2.18. The van der Waals surface area contributed by atoms with E-state index in [2.05, 4.69) is 49.1 Å². The van der Waals surface area contributed by atoms with E-state index in [-0.39, 0.29) is 6.04 Å². The zero-order valence-electron chi connectivity index (χ0n) is 10.3. The van der Waals surface area contributed by atoms with Crippen LogP contribution in [0, 0.1) is 5.92 Å². The van der Waals surface area contributed by atoms with Crippen LogP contribution in [0.5, 0.6) is 0 Å². The molecule has 0 aliphatic carbocycles. The van der Waals surface area contributed by atoms with E-state index in [1.165, 1.54) is 25.1 Å². The molecule has 0 spiro atoms. The molecule has 1 aliphatic heterocycles. The van der Waals surface area contributed by atoms with Crippen LogP contribution in [0.1, 0.15) is 31.9 Å². The van der Waals surface area contributed by atoms with Crippen LogP contribution in [0.15, 0.2) is 30.3 Å². The molecule has 3 unspecified atom stereocenters. The number of rotatable bonds is 3. The number of likely N-dealkylation sites (tertiary alicyclic amines) is 1. The lowest BCUT2D eigenvalue weighted by atomic mass is 9.99. The van der Waals surface area contributed by atoms with Crippen LogP contribution in [0.3, 0.4) is 0 Å². The molecule has 1 fully saturated rings. The summed E-state index contributed by atoms with van der Waals surface area (Å²) < 4.78 is 0. The molecule has 2 N–H and O–H groups in total. The second-order valence-corrected chi connectivity index (χ2v) is 5.10. The van der Waals surface area contributed by atoms with Gasteiger partial charge in [-0.3, -0.25) is 4.90 Å². The van der Waals surface area contributed by atoms with E-state index >= 15 is 0 Å². The first kappa shape index (κ1) is 11.6. The topological polar surface area (TPSA) is 29.3 Å². The second kappa shape index (κ2) is 4.98. The third-order valence-electron chi connectivity index (χ3n) is 3.49. The lowest BCUT2D eigenvalue weighted by Crippen LogP contribution is -2.38. The fourth-order valence-corrected chi connectivity index (χ4v) is 2.72. The smallest absolute Gasteiger partial charge is 0.0496 e. The van der Waals surface area contributed by atoms with Crippen LogP contribution < -0.4 is 5.73 Å². The molecule has 0 saturated carbocycles. The fourth-order valence-electron chi connectivity index (χ4n) is 2.72. The molecule has 0 radical (unpaired) electrons. The van der Waals surface area contributed by atoms with Gasteiger partial charge in [0, 0.05) is 18.6 Å². The Kier molecular flexibility index (Phi) is 3.62. The predicted molar refractivity (Wildman–Crippen MR) is 68.2 cm³/mol. The van der Waals surface area contributed by atoms with Crippen LogP contribution in [0.2, 0.25) is 0 Å².